The number of anilines is 1. The van der Waals surface area contributed by atoms with Gasteiger partial charge in [0.15, 0.2) is 0 Å². The third kappa shape index (κ3) is 7.47. The number of hydrogen-bond acceptors (Lipinski definition) is 4. The molecule has 3 rings (SSSR count). The van der Waals surface area contributed by atoms with Crippen molar-refractivity contribution in [2.75, 3.05) is 31.5 Å². The molecule has 0 saturated heterocycles. The van der Waals surface area contributed by atoms with Crippen LogP contribution in [-0.4, -0.2) is 42.9 Å². The number of ether oxygens (including phenoxy) is 1. The monoisotopic (exact) mass is 445 g/mol. The molecule has 0 atom stereocenters. The molecule has 0 aromatic heterocycles. The largest absolute Gasteiger partial charge is 0.489 e. The van der Waals surface area contributed by atoms with Crippen molar-refractivity contribution in [1.82, 2.24) is 10.2 Å². The lowest BCUT2D eigenvalue weighted by Crippen LogP contribution is -2.34. The number of rotatable bonds is 11. The zero-order chi connectivity index (χ0) is 23.5. The van der Waals surface area contributed by atoms with Gasteiger partial charge in [-0.05, 0) is 61.1 Å². The average molecular weight is 446 g/mol. The maximum atomic E-state index is 12.7. The maximum Gasteiger partial charge on any atom is 0.255 e. The molecule has 0 aliphatic rings. The molecule has 0 aliphatic heterocycles. The molecule has 2 amide bonds. The average Bonchev–Trinajstić information content (AvgIpc) is 2.86. The zero-order valence-electron chi connectivity index (χ0n) is 19.2. The van der Waals surface area contributed by atoms with Gasteiger partial charge in [0.1, 0.15) is 12.4 Å². The lowest BCUT2D eigenvalue weighted by Gasteiger charge is -2.18. The number of carbonyl (C=O) groups excluding carboxylic acids is 2. The molecule has 6 heteroatoms. The zero-order valence-corrected chi connectivity index (χ0v) is 19.2. The highest BCUT2D eigenvalue weighted by atomic mass is 16.5. The van der Waals surface area contributed by atoms with E-state index < -0.39 is 0 Å². The minimum atomic E-state index is -0.239. The van der Waals surface area contributed by atoms with Crippen molar-refractivity contribution in [1.29, 1.82) is 0 Å². The fourth-order valence-electron chi connectivity index (χ4n) is 3.35. The van der Waals surface area contributed by atoms with E-state index in [1.54, 1.807) is 42.5 Å². The van der Waals surface area contributed by atoms with Crippen LogP contribution in [0.25, 0.3) is 0 Å². The molecule has 0 bridgehead atoms. The Hall–Kier alpha value is -3.64. The Morgan fingerprint density at radius 2 is 1.55 bits per heavy atom. The van der Waals surface area contributed by atoms with E-state index in [1.165, 1.54) is 0 Å². The molecule has 0 heterocycles. The van der Waals surface area contributed by atoms with E-state index in [-0.39, 0.29) is 11.8 Å². The Morgan fingerprint density at radius 3 is 2.24 bits per heavy atom. The second-order valence-electron chi connectivity index (χ2n) is 7.62. The van der Waals surface area contributed by atoms with Gasteiger partial charge in [-0.2, -0.15) is 0 Å². The summed E-state index contributed by atoms with van der Waals surface area (Å²) in [5.74, 6) is 0.267. The summed E-state index contributed by atoms with van der Waals surface area (Å²) in [6.45, 7) is 7.98. The van der Waals surface area contributed by atoms with Gasteiger partial charge in [0.05, 0.1) is 0 Å². The molecule has 3 aromatic rings. The number of nitrogens with one attached hydrogen (secondary N) is 2. The van der Waals surface area contributed by atoms with Crippen molar-refractivity contribution >= 4 is 17.5 Å². The van der Waals surface area contributed by atoms with Crippen LogP contribution >= 0.6 is 0 Å². The third-order valence-corrected chi connectivity index (χ3v) is 5.36. The van der Waals surface area contributed by atoms with Crippen LogP contribution in [0.2, 0.25) is 0 Å². The number of benzene rings is 3. The van der Waals surface area contributed by atoms with E-state index >= 15 is 0 Å². The third-order valence-electron chi connectivity index (χ3n) is 5.36. The number of likely N-dealkylation sites (N-methyl/N-ethyl adjacent to an activating group) is 1. The van der Waals surface area contributed by atoms with Gasteiger partial charge >= 0.3 is 0 Å². The van der Waals surface area contributed by atoms with Crippen molar-refractivity contribution in [3.8, 4) is 5.75 Å². The van der Waals surface area contributed by atoms with Crippen LogP contribution in [-0.2, 0) is 6.61 Å². The Bertz CT molecular complexity index is 1030. The fourth-order valence-corrected chi connectivity index (χ4v) is 3.35. The molecule has 0 unspecified atom stereocenters. The minimum Gasteiger partial charge on any atom is -0.489 e. The van der Waals surface area contributed by atoms with Crippen LogP contribution in [0.15, 0.2) is 78.9 Å². The molecule has 2 N–H and O–H groups in total. The highest BCUT2D eigenvalue weighted by Crippen LogP contribution is 2.17. The van der Waals surface area contributed by atoms with Crippen molar-refractivity contribution < 1.29 is 14.3 Å². The molecular weight excluding hydrogens is 414 g/mol. The topological polar surface area (TPSA) is 70.7 Å². The smallest absolute Gasteiger partial charge is 0.255 e. The minimum absolute atomic E-state index is 0.122. The van der Waals surface area contributed by atoms with Gasteiger partial charge in [-0.3, -0.25) is 9.59 Å². The van der Waals surface area contributed by atoms with Gasteiger partial charge in [-0.1, -0.05) is 50.2 Å². The molecule has 6 nitrogen and oxygen atoms in total. The number of hydrogen-bond donors (Lipinski definition) is 2. The number of nitrogens with zero attached hydrogens (tertiary/aromatic N) is 1. The Labute approximate surface area is 195 Å². The highest BCUT2D eigenvalue weighted by Gasteiger charge is 2.10. The summed E-state index contributed by atoms with van der Waals surface area (Å²) >= 11 is 0. The predicted octanol–water partition coefficient (Wildman–Crippen LogP) is 4.59. The second-order valence-corrected chi connectivity index (χ2v) is 7.62. The lowest BCUT2D eigenvalue weighted by molar-refractivity contribution is 0.0948. The van der Waals surface area contributed by atoms with Gasteiger partial charge in [-0.25, -0.2) is 0 Å². The Morgan fingerprint density at radius 1 is 0.818 bits per heavy atom. The van der Waals surface area contributed by atoms with E-state index in [0.717, 1.165) is 25.2 Å². The summed E-state index contributed by atoms with van der Waals surface area (Å²) in [6, 6.07) is 23.8. The van der Waals surface area contributed by atoms with Gasteiger partial charge in [0, 0.05) is 29.9 Å². The van der Waals surface area contributed by atoms with E-state index in [2.05, 4.69) is 29.4 Å². The van der Waals surface area contributed by atoms with Crippen molar-refractivity contribution in [2.24, 2.45) is 0 Å². The first-order valence-electron chi connectivity index (χ1n) is 11.3. The van der Waals surface area contributed by atoms with Gasteiger partial charge < -0.3 is 20.3 Å². The quantitative estimate of drug-likeness (QED) is 0.453. The van der Waals surface area contributed by atoms with E-state index in [9.17, 15) is 9.59 Å². The molecular formula is C27H31N3O3. The number of amides is 2. The summed E-state index contributed by atoms with van der Waals surface area (Å²) < 4.78 is 5.81. The normalized spacial score (nSPS) is 10.6. The molecule has 0 fully saturated rings. The summed E-state index contributed by atoms with van der Waals surface area (Å²) in [7, 11) is 0. The van der Waals surface area contributed by atoms with Crippen LogP contribution < -0.4 is 15.4 Å². The summed E-state index contributed by atoms with van der Waals surface area (Å²) in [4.78, 5) is 27.2. The first-order valence-corrected chi connectivity index (χ1v) is 11.3. The first-order chi connectivity index (χ1) is 16.1. The van der Waals surface area contributed by atoms with E-state index in [4.69, 9.17) is 4.74 Å². The summed E-state index contributed by atoms with van der Waals surface area (Å²) in [6.07, 6.45) is 0. The standard InChI is InChI=1S/C27H31N3O3/c1-3-30(4-2)18-17-28-26(31)22-13-15-24(16-14-22)29-27(32)23-11-8-12-25(19-23)33-20-21-9-6-5-7-10-21/h5-16,19H,3-4,17-18,20H2,1-2H3,(H,28,31)(H,29,32). The van der Waals surface area contributed by atoms with Crippen molar-refractivity contribution in [3.63, 3.8) is 0 Å². The first kappa shape index (κ1) is 24.0. The van der Waals surface area contributed by atoms with Gasteiger partial charge in [-0.15, -0.1) is 0 Å². The Kier molecular flexibility index (Phi) is 9.03. The van der Waals surface area contributed by atoms with Crippen LogP contribution in [0.3, 0.4) is 0 Å². The fraction of sp³-hybridized carbons (Fsp3) is 0.259. The van der Waals surface area contributed by atoms with E-state index in [1.807, 2.05) is 36.4 Å². The molecule has 0 saturated carbocycles. The SMILES string of the molecule is CCN(CC)CCNC(=O)c1ccc(NC(=O)c2cccc(OCc3ccccc3)c2)cc1. The van der Waals surface area contributed by atoms with Crippen LogP contribution in [0.5, 0.6) is 5.75 Å². The van der Waals surface area contributed by atoms with Gasteiger partial charge in [0.25, 0.3) is 11.8 Å². The summed E-state index contributed by atoms with van der Waals surface area (Å²) in [5.41, 5.74) is 2.74. The highest BCUT2D eigenvalue weighted by molar-refractivity contribution is 6.04. The predicted molar refractivity (Wildman–Crippen MR) is 132 cm³/mol. The van der Waals surface area contributed by atoms with Crippen LogP contribution in [0, 0.1) is 0 Å². The molecule has 3 aromatic carbocycles. The van der Waals surface area contributed by atoms with Crippen LogP contribution in [0.1, 0.15) is 40.1 Å². The van der Waals surface area contributed by atoms with Crippen molar-refractivity contribution in [2.45, 2.75) is 20.5 Å². The molecule has 0 radical (unpaired) electrons. The summed E-state index contributed by atoms with van der Waals surface area (Å²) in [5, 5.41) is 5.80. The molecule has 33 heavy (non-hydrogen) atoms. The van der Waals surface area contributed by atoms with Crippen LogP contribution in [0.4, 0.5) is 5.69 Å². The van der Waals surface area contributed by atoms with E-state index in [0.29, 0.717) is 35.7 Å². The lowest BCUT2D eigenvalue weighted by atomic mass is 10.1. The number of carbonyl (C=O) groups is 2. The van der Waals surface area contributed by atoms with Gasteiger partial charge in [0.2, 0.25) is 0 Å². The molecule has 0 spiro atoms. The Balaban J connectivity index is 1.52. The maximum absolute atomic E-state index is 12.7. The van der Waals surface area contributed by atoms with Crippen molar-refractivity contribution in [3.05, 3.63) is 95.6 Å². The molecule has 172 valence electrons. The second kappa shape index (κ2) is 12.4. The molecule has 0 aliphatic carbocycles.